The number of carbonyl (C=O) groups excluding carboxylic acids is 3. The standard InChI is InChI=1S/C31H33N5O3S/c37-29(35-19-17-33(18-20-35)14-5-8-23-6-2-1-3-7-23)24-11-15-34(16-12-24)26-10-4-9-25-28(26)31(39)36(30(25)38)22-27-32-13-21-40-27/h1-10,13,21,24H,11-12,14-20,22H2/b8-5+. The number of fused-ring (bicyclic) bond motifs is 1. The third kappa shape index (κ3) is 5.44. The fourth-order valence-corrected chi connectivity index (χ4v) is 6.47. The topological polar surface area (TPSA) is 77.1 Å². The number of thiazole rings is 1. The molecule has 6 rings (SSSR count). The molecule has 2 aromatic carbocycles. The second kappa shape index (κ2) is 11.7. The minimum absolute atomic E-state index is 0.00345. The van der Waals surface area contributed by atoms with Gasteiger partial charge in [0.15, 0.2) is 0 Å². The minimum Gasteiger partial charge on any atom is -0.371 e. The van der Waals surface area contributed by atoms with Crippen LogP contribution in [0.1, 0.15) is 44.1 Å². The zero-order valence-electron chi connectivity index (χ0n) is 22.4. The highest BCUT2D eigenvalue weighted by atomic mass is 32.1. The van der Waals surface area contributed by atoms with Crippen molar-refractivity contribution < 1.29 is 14.4 Å². The Morgan fingerprint density at radius 2 is 1.70 bits per heavy atom. The number of carbonyl (C=O) groups is 3. The largest absolute Gasteiger partial charge is 0.371 e. The Morgan fingerprint density at radius 1 is 0.925 bits per heavy atom. The molecule has 8 nitrogen and oxygen atoms in total. The third-order valence-corrected chi connectivity index (χ3v) is 8.86. The number of piperidine rings is 1. The first kappa shape index (κ1) is 26.4. The van der Waals surface area contributed by atoms with E-state index in [9.17, 15) is 14.4 Å². The van der Waals surface area contributed by atoms with Gasteiger partial charge >= 0.3 is 0 Å². The van der Waals surface area contributed by atoms with Crippen LogP contribution in [0.2, 0.25) is 0 Å². The number of hydrogen-bond donors (Lipinski definition) is 0. The molecule has 0 unspecified atom stereocenters. The zero-order valence-corrected chi connectivity index (χ0v) is 23.3. The summed E-state index contributed by atoms with van der Waals surface area (Å²) < 4.78 is 0. The quantitative estimate of drug-likeness (QED) is 0.410. The summed E-state index contributed by atoms with van der Waals surface area (Å²) in [7, 11) is 0. The van der Waals surface area contributed by atoms with Crippen LogP contribution >= 0.6 is 11.3 Å². The van der Waals surface area contributed by atoms with Crippen LogP contribution in [-0.4, -0.2) is 83.2 Å². The summed E-state index contributed by atoms with van der Waals surface area (Å²) in [5, 5.41) is 2.58. The molecule has 3 amide bonds. The van der Waals surface area contributed by atoms with Gasteiger partial charge < -0.3 is 9.80 Å². The highest BCUT2D eigenvalue weighted by molar-refractivity contribution is 7.09. The summed E-state index contributed by atoms with van der Waals surface area (Å²) in [6, 6.07) is 15.8. The van der Waals surface area contributed by atoms with Crippen LogP contribution in [-0.2, 0) is 11.3 Å². The van der Waals surface area contributed by atoms with Crippen molar-refractivity contribution in [2.45, 2.75) is 19.4 Å². The molecule has 40 heavy (non-hydrogen) atoms. The summed E-state index contributed by atoms with van der Waals surface area (Å²) in [6.45, 7) is 5.73. The molecule has 4 heterocycles. The molecule has 0 saturated carbocycles. The van der Waals surface area contributed by atoms with E-state index < -0.39 is 0 Å². The van der Waals surface area contributed by atoms with E-state index in [-0.39, 0.29) is 30.2 Å². The number of imide groups is 1. The molecule has 2 fully saturated rings. The lowest BCUT2D eigenvalue weighted by atomic mass is 9.93. The van der Waals surface area contributed by atoms with Crippen LogP contribution in [0, 0.1) is 5.92 Å². The maximum atomic E-state index is 13.3. The van der Waals surface area contributed by atoms with Crippen LogP contribution in [0.5, 0.6) is 0 Å². The number of piperazine rings is 1. The first-order chi connectivity index (χ1) is 19.6. The third-order valence-electron chi connectivity index (χ3n) is 8.10. The van der Waals surface area contributed by atoms with E-state index >= 15 is 0 Å². The minimum atomic E-state index is -0.267. The fourth-order valence-electron chi connectivity index (χ4n) is 5.87. The average molecular weight is 556 g/mol. The van der Waals surface area contributed by atoms with Gasteiger partial charge in [-0.15, -0.1) is 11.3 Å². The van der Waals surface area contributed by atoms with Crippen molar-refractivity contribution in [3.05, 3.63) is 87.9 Å². The van der Waals surface area contributed by atoms with Crippen molar-refractivity contribution in [2.24, 2.45) is 5.92 Å². The summed E-state index contributed by atoms with van der Waals surface area (Å²) in [4.78, 5) is 51.8. The summed E-state index contributed by atoms with van der Waals surface area (Å²) >= 11 is 1.43. The van der Waals surface area contributed by atoms with Crippen molar-refractivity contribution in [2.75, 3.05) is 50.7 Å². The van der Waals surface area contributed by atoms with Crippen molar-refractivity contribution in [3.63, 3.8) is 0 Å². The van der Waals surface area contributed by atoms with Crippen LogP contribution in [0.3, 0.4) is 0 Å². The molecule has 206 valence electrons. The van der Waals surface area contributed by atoms with E-state index in [0.29, 0.717) is 24.2 Å². The zero-order chi connectivity index (χ0) is 27.5. The molecule has 0 spiro atoms. The molecule has 3 aromatic rings. The Labute approximate surface area is 238 Å². The van der Waals surface area contributed by atoms with Crippen LogP contribution in [0.15, 0.2) is 66.2 Å². The number of aromatic nitrogens is 1. The van der Waals surface area contributed by atoms with Crippen molar-refractivity contribution >= 4 is 40.8 Å². The second-order valence-corrected chi connectivity index (χ2v) is 11.5. The molecule has 0 bridgehead atoms. The van der Waals surface area contributed by atoms with Crippen LogP contribution in [0.25, 0.3) is 6.08 Å². The average Bonchev–Trinajstić information content (AvgIpc) is 3.61. The maximum absolute atomic E-state index is 13.3. The van der Waals surface area contributed by atoms with Gasteiger partial charge in [-0.05, 0) is 30.5 Å². The Kier molecular flexibility index (Phi) is 7.75. The van der Waals surface area contributed by atoms with Crippen LogP contribution < -0.4 is 4.90 Å². The van der Waals surface area contributed by atoms with Gasteiger partial charge in [0.1, 0.15) is 5.01 Å². The maximum Gasteiger partial charge on any atom is 0.264 e. The van der Waals surface area contributed by atoms with Gasteiger partial charge in [-0.25, -0.2) is 4.98 Å². The molecule has 9 heteroatoms. The lowest BCUT2D eigenvalue weighted by molar-refractivity contribution is -0.137. The van der Waals surface area contributed by atoms with E-state index in [1.807, 2.05) is 40.6 Å². The molecule has 0 aliphatic carbocycles. The van der Waals surface area contributed by atoms with Crippen molar-refractivity contribution in [3.8, 4) is 0 Å². The Morgan fingerprint density at radius 3 is 2.42 bits per heavy atom. The lowest BCUT2D eigenvalue weighted by Gasteiger charge is -2.39. The van der Waals surface area contributed by atoms with E-state index in [2.05, 4.69) is 39.1 Å². The lowest BCUT2D eigenvalue weighted by Crippen LogP contribution is -2.51. The predicted molar refractivity (Wildman–Crippen MR) is 156 cm³/mol. The Balaban J connectivity index is 1.02. The molecular weight excluding hydrogens is 522 g/mol. The molecule has 0 N–H and O–H groups in total. The number of anilines is 1. The number of rotatable bonds is 7. The first-order valence-corrected chi connectivity index (χ1v) is 14.8. The number of amides is 3. The van der Waals surface area contributed by atoms with Gasteiger partial charge in [-0.3, -0.25) is 24.2 Å². The molecule has 2 saturated heterocycles. The molecular formula is C31H33N5O3S. The highest BCUT2D eigenvalue weighted by Crippen LogP contribution is 2.35. The number of hydrogen-bond acceptors (Lipinski definition) is 7. The summed E-state index contributed by atoms with van der Waals surface area (Å²) in [6.07, 6.45) is 7.51. The predicted octanol–water partition coefficient (Wildman–Crippen LogP) is 4.01. The highest BCUT2D eigenvalue weighted by Gasteiger charge is 2.39. The summed E-state index contributed by atoms with van der Waals surface area (Å²) in [5.41, 5.74) is 2.92. The smallest absolute Gasteiger partial charge is 0.264 e. The van der Waals surface area contributed by atoms with E-state index in [0.717, 1.165) is 56.3 Å². The molecule has 0 radical (unpaired) electrons. The van der Waals surface area contributed by atoms with Gasteiger partial charge in [0, 0.05) is 63.3 Å². The van der Waals surface area contributed by atoms with E-state index in [1.54, 1.807) is 12.3 Å². The Bertz CT molecular complexity index is 1390. The van der Waals surface area contributed by atoms with Gasteiger partial charge in [0.2, 0.25) is 5.91 Å². The SMILES string of the molecule is O=C(C1CCN(c2cccc3c2C(=O)N(Cc2nccs2)C3=O)CC1)N1CCN(C/C=C/c2ccccc2)CC1. The number of nitrogens with zero attached hydrogens (tertiary/aromatic N) is 5. The molecule has 3 aliphatic heterocycles. The number of benzene rings is 2. The first-order valence-electron chi connectivity index (χ1n) is 13.9. The van der Waals surface area contributed by atoms with Gasteiger partial charge in [0.05, 0.1) is 23.4 Å². The van der Waals surface area contributed by atoms with Crippen LogP contribution in [0.4, 0.5) is 5.69 Å². The van der Waals surface area contributed by atoms with Gasteiger partial charge in [0.25, 0.3) is 11.8 Å². The van der Waals surface area contributed by atoms with Gasteiger partial charge in [-0.1, -0.05) is 48.6 Å². The monoisotopic (exact) mass is 555 g/mol. The molecule has 0 atom stereocenters. The Hall–Kier alpha value is -3.82. The van der Waals surface area contributed by atoms with Gasteiger partial charge in [-0.2, -0.15) is 0 Å². The summed E-state index contributed by atoms with van der Waals surface area (Å²) in [5.74, 6) is -0.285. The second-order valence-electron chi connectivity index (χ2n) is 10.5. The van der Waals surface area contributed by atoms with Crippen molar-refractivity contribution in [1.29, 1.82) is 0 Å². The molecule has 3 aliphatic rings. The molecule has 1 aromatic heterocycles. The van der Waals surface area contributed by atoms with E-state index in [1.165, 1.54) is 21.8 Å². The van der Waals surface area contributed by atoms with E-state index in [4.69, 9.17) is 0 Å². The van der Waals surface area contributed by atoms with Crippen molar-refractivity contribution in [1.82, 2.24) is 19.7 Å². The normalized spacial score (nSPS) is 18.6. The fraction of sp³-hybridized carbons (Fsp3) is 0.355.